The quantitative estimate of drug-likeness (QED) is 0.760. The molecule has 1 aliphatic heterocycles. The van der Waals surface area contributed by atoms with Gasteiger partial charge in [-0.2, -0.15) is 5.10 Å². The van der Waals surface area contributed by atoms with Gasteiger partial charge in [0.05, 0.1) is 17.9 Å². The van der Waals surface area contributed by atoms with E-state index in [2.05, 4.69) is 5.10 Å². The third kappa shape index (κ3) is 3.65. The lowest BCUT2D eigenvalue weighted by Crippen LogP contribution is -2.31. The number of ether oxygens (including phenoxy) is 1. The monoisotopic (exact) mass is 366 g/mol. The van der Waals surface area contributed by atoms with Crippen LogP contribution in [0.4, 0.5) is 0 Å². The van der Waals surface area contributed by atoms with Crippen molar-refractivity contribution in [1.29, 1.82) is 0 Å². The van der Waals surface area contributed by atoms with Crippen LogP contribution in [0.5, 0.6) is 0 Å². The Bertz CT molecular complexity index is 870. The molecular weight excluding hydrogens is 344 g/mol. The molecule has 1 fully saturated rings. The minimum absolute atomic E-state index is 0.0659. The molecule has 0 radical (unpaired) electrons. The molecule has 1 aliphatic carbocycles. The molecule has 1 aromatic carbocycles. The number of benzene rings is 1. The number of carbonyl (C=O) groups is 2. The molecule has 0 unspecified atom stereocenters. The van der Waals surface area contributed by atoms with Crippen LogP contribution in [0.25, 0.3) is 0 Å². The highest BCUT2D eigenvalue weighted by Gasteiger charge is 2.41. The Morgan fingerprint density at radius 1 is 1.26 bits per heavy atom. The Morgan fingerprint density at radius 2 is 2.00 bits per heavy atom. The van der Waals surface area contributed by atoms with Gasteiger partial charge >= 0.3 is 5.97 Å². The fourth-order valence-corrected chi connectivity index (χ4v) is 3.32. The van der Waals surface area contributed by atoms with Crippen LogP contribution in [0.15, 0.2) is 52.2 Å². The van der Waals surface area contributed by atoms with Crippen LogP contribution in [0.1, 0.15) is 42.7 Å². The molecule has 4 rings (SSSR count). The number of amides is 1. The fourth-order valence-electron chi connectivity index (χ4n) is 3.32. The van der Waals surface area contributed by atoms with E-state index in [0.717, 1.165) is 23.3 Å². The summed E-state index contributed by atoms with van der Waals surface area (Å²) in [6.07, 6.45) is 2.97. The van der Waals surface area contributed by atoms with Gasteiger partial charge in [-0.15, -0.1) is 0 Å². The van der Waals surface area contributed by atoms with Crippen molar-refractivity contribution in [2.24, 2.45) is 16.9 Å². The number of hydrogen-bond donors (Lipinski definition) is 0. The van der Waals surface area contributed by atoms with Crippen LogP contribution in [-0.4, -0.2) is 29.2 Å². The molecule has 27 heavy (non-hydrogen) atoms. The van der Waals surface area contributed by atoms with Gasteiger partial charge in [-0.05, 0) is 37.0 Å². The second kappa shape index (κ2) is 7.02. The van der Waals surface area contributed by atoms with Crippen LogP contribution < -0.4 is 0 Å². The first kappa shape index (κ1) is 17.5. The number of carbonyl (C=O) groups excluding carboxylic acids is 2. The van der Waals surface area contributed by atoms with Crippen molar-refractivity contribution in [2.75, 3.05) is 6.61 Å². The van der Waals surface area contributed by atoms with E-state index in [9.17, 15) is 9.59 Å². The van der Waals surface area contributed by atoms with Gasteiger partial charge in [-0.3, -0.25) is 9.59 Å². The molecule has 0 bridgehead atoms. The molecule has 0 spiro atoms. The highest BCUT2D eigenvalue weighted by atomic mass is 16.5. The second-order valence-corrected chi connectivity index (χ2v) is 7.31. The molecule has 2 heterocycles. The van der Waals surface area contributed by atoms with Crippen LogP contribution in [0.3, 0.4) is 0 Å². The lowest BCUT2D eigenvalue weighted by molar-refractivity contribution is -0.154. The number of rotatable bonds is 5. The zero-order chi connectivity index (χ0) is 19.0. The molecule has 6 nitrogen and oxygen atoms in total. The topological polar surface area (TPSA) is 72.1 Å². The summed E-state index contributed by atoms with van der Waals surface area (Å²) in [5.41, 5.74) is 2.94. The summed E-state index contributed by atoms with van der Waals surface area (Å²) in [4.78, 5) is 24.6. The van der Waals surface area contributed by atoms with Gasteiger partial charge in [-0.25, -0.2) is 5.01 Å². The van der Waals surface area contributed by atoms with Crippen molar-refractivity contribution in [3.8, 4) is 0 Å². The van der Waals surface area contributed by atoms with Crippen LogP contribution in [-0.2, 0) is 14.3 Å². The number of furan rings is 1. The van der Waals surface area contributed by atoms with Crippen molar-refractivity contribution in [2.45, 2.75) is 32.7 Å². The molecule has 6 heteroatoms. The molecular formula is C21H22N2O4. The van der Waals surface area contributed by atoms with Crippen molar-refractivity contribution >= 4 is 17.6 Å². The number of aryl methyl sites for hydroxylation is 1. The van der Waals surface area contributed by atoms with E-state index in [0.29, 0.717) is 18.1 Å². The maximum Gasteiger partial charge on any atom is 0.309 e. The van der Waals surface area contributed by atoms with E-state index in [1.807, 2.05) is 44.2 Å². The van der Waals surface area contributed by atoms with Crippen molar-refractivity contribution in [3.63, 3.8) is 0 Å². The summed E-state index contributed by atoms with van der Waals surface area (Å²) in [7, 11) is 0. The third-order valence-electron chi connectivity index (χ3n) is 5.17. The van der Waals surface area contributed by atoms with Crippen LogP contribution >= 0.6 is 0 Å². The van der Waals surface area contributed by atoms with Gasteiger partial charge in [-0.1, -0.05) is 36.8 Å². The summed E-state index contributed by atoms with van der Waals surface area (Å²) in [5.74, 6) is 0.300. The Balaban J connectivity index is 1.51. The SMILES string of the molecule is Cc1ccc(C2=NN(C(=O)COC(=O)[C@H]3C[C@H]3C)[C@@H](c3ccco3)C2)cc1. The molecule has 3 atom stereocenters. The Labute approximate surface area is 157 Å². The Hall–Kier alpha value is -2.89. The first-order chi connectivity index (χ1) is 13.0. The molecule has 2 aliphatic rings. The van der Waals surface area contributed by atoms with Gasteiger partial charge in [0.15, 0.2) is 6.61 Å². The molecule has 0 N–H and O–H groups in total. The molecule has 1 aromatic heterocycles. The summed E-state index contributed by atoms with van der Waals surface area (Å²) in [6.45, 7) is 3.72. The van der Waals surface area contributed by atoms with E-state index < -0.39 is 0 Å². The largest absolute Gasteiger partial charge is 0.467 e. The van der Waals surface area contributed by atoms with E-state index in [1.54, 1.807) is 12.3 Å². The number of nitrogens with zero attached hydrogens (tertiary/aromatic N) is 2. The Morgan fingerprint density at radius 3 is 2.63 bits per heavy atom. The lowest BCUT2D eigenvalue weighted by Gasteiger charge is -2.19. The fraction of sp³-hybridized carbons (Fsp3) is 0.381. The second-order valence-electron chi connectivity index (χ2n) is 7.31. The van der Waals surface area contributed by atoms with E-state index >= 15 is 0 Å². The maximum atomic E-state index is 12.7. The number of hydrazone groups is 1. The van der Waals surface area contributed by atoms with Gasteiger partial charge < -0.3 is 9.15 Å². The lowest BCUT2D eigenvalue weighted by atomic mass is 10.0. The van der Waals surface area contributed by atoms with Crippen molar-refractivity contribution in [3.05, 3.63) is 59.5 Å². The summed E-state index contributed by atoms with van der Waals surface area (Å²) >= 11 is 0. The average Bonchev–Trinajstić information content (AvgIpc) is 3.08. The molecule has 140 valence electrons. The highest BCUT2D eigenvalue weighted by Crippen LogP contribution is 2.38. The Kier molecular flexibility index (Phi) is 4.56. The van der Waals surface area contributed by atoms with E-state index in [-0.39, 0.29) is 30.4 Å². The van der Waals surface area contributed by atoms with Crippen LogP contribution in [0, 0.1) is 18.8 Å². The smallest absolute Gasteiger partial charge is 0.309 e. The van der Waals surface area contributed by atoms with Gasteiger partial charge in [0, 0.05) is 6.42 Å². The molecule has 1 saturated carbocycles. The van der Waals surface area contributed by atoms with E-state index in [4.69, 9.17) is 9.15 Å². The predicted molar refractivity (Wildman–Crippen MR) is 98.9 cm³/mol. The van der Waals surface area contributed by atoms with Gasteiger partial charge in [0.2, 0.25) is 0 Å². The summed E-state index contributed by atoms with van der Waals surface area (Å²) in [5, 5.41) is 5.91. The highest BCUT2D eigenvalue weighted by molar-refractivity contribution is 6.03. The maximum absolute atomic E-state index is 12.7. The number of hydrogen-bond acceptors (Lipinski definition) is 5. The van der Waals surface area contributed by atoms with Gasteiger partial charge in [0.1, 0.15) is 11.8 Å². The number of esters is 1. The van der Waals surface area contributed by atoms with Crippen molar-refractivity contribution < 1.29 is 18.7 Å². The first-order valence-corrected chi connectivity index (χ1v) is 9.19. The standard InChI is InChI=1S/C21H22N2O4/c1-13-5-7-15(8-6-13)17-11-18(19-4-3-9-26-19)23(22-17)20(24)12-27-21(25)16-10-14(16)2/h3-9,14,16,18H,10-12H2,1-2H3/t14-,16+,18-/m1/s1. The average molecular weight is 366 g/mol. The predicted octanol–water partition coefficient (Wildman–Crippen LogP) is 3.46. The third-order valence-corrected chi connectivity index (χ3v) is 5.17. The molecule has 0 saturated heterocycles. The minimum atomic E-state index is -0.347. The minimum Gasteiger partial charge on any atom is -0.467 e. The van der Waals surface area contributed by atoms with Gasteiger partial charge in [0.25, 0.3) is 5.91 Å². The van der Waals surface area contributed by atoms with E-state index in [1.165, 1.54) is 5.01 Å². The van der Waals surface area contributed by atoms with Crippen LogP contribution in [0.2, 0.25) is 0 Å². The first-order valence-electron chi connectivity index (χ1n) is 9.19. The molecule has 1 amide bonds. The normalized spacial score (nSPS) is 23.9. The zero-order valence-electron chi connectivity index (χ0n) is 15.4. The summed E-state index contributed by atoms with van der Waals surface area (Å²) < 4.78 is 10.7. The molecule has 2 aromatic rings. The van der Waals surface area contributed by atoms with Crippen molar-refractivity contribution in [1.82, 2.24) is 5.01 Å². The zero-order valence-corrected chi connectivity index (χ0v) is 15.4. The summed E-state index contributed by atoms with van der Waals surface area (Å²) in [6, 6.07) is 11.3.